The number of alkyl halides is 2. The lowest BCUT2D eigenvalue weighted by molar-refractivity contribution is -0.139. The molecule has 0 aliphatic heterocycles. The van der Waals surface area contributed by atoms with Crippen molar-refractivity contribution in [2.75, 3.05) is 29.7 Å². The predicted molar refractivity (Wildman–Crippen MR) is 114 cm³/mol. The Morgan fingerprint density at radius 1 is 0.964 bits per heavy atom. The smallest absolute Gasteiger partial charge is 0.320 e. The first-order valence-electron chi connectivity index (χ1n) is 9.04. The van der Waals surface area contributed by atoms with Crippen molar-refractivity contribution in [1.82, 2.24) is 0 Å². The molecule has 28 heavy (non-hydrogen) atoms. The molecule has 1 rings (SSSR count). The summed E-state index contributed by atoms with van der Waals surface area (Å²) in [5.41, 5.74) is 12.6. The number of hydrogen-bond donors (Lipinski definition) is 4. The summed E-state index contributed by atoms with van der Waals surface area (Å²) >= 11 is 11.5. The summed E-state index contributed by atoms with van der Waals surface area (Å²) in [6.07, 6.45) is 0.871. The number of nitrogens with two attached hydrogens (primary N) is 2. The number of carboxylic acid groups (broad SMARTS) is 2. The first-order chi connectivity index (χ1) is 13.1. The molecule has 0 aromatic heterocycles. The van der Waals surface area contributed by atoms with E-state index in [0.29, 0.717) is 30.5 Å². The Morgan fingerprint density at radius 2 is 1.43 bits per heavy atom. The molecule has 0 fully saturated rings. The van der Waals surface area contributed by atoms with Crippen molar-refractivity contribution in [3.05, 3.63) is 29.8 Å². The lowest BCUT2D eigenvalue weighted by Gasteiger charge is -2.23. The third-order valence-corrected chi connectivity index (χ3v) is 4.16. The number of anilines is 1. The molecule has 0 aliphatic carbocycles. The molecule has 7 nitrogen and oxygen atoms in total. The van der Waals surface area contributed by atoms with E-state index in [-0.39, 0.29) is 0 Å². The number of aliphatic carboxylic acids is 2. The van der Waals surface area contributed by atoms with Crippen molar-refractivity contribution in [2.45, 2.75) is 38.8 Å². The minimum Gasteiger partial charge on any atom is -0.480 e. The van der Waals surface area contributed by atoms with Crippen LogP contribution in [0.2, 0.25) is 0 Å². The second-order valence-corrected chi connectivity index (χ2v) is 7.51. The summed E-state index contributed by atoms with van der Waals surface area (Å²) in [5, 5.41) is 17.1. The van der Waals surface area contributed by atoms with Gasteiger partial charge in [-0.25, -0.2) is 0 Å². The largest absolute Gasteiger partial charge is 0.480 e. The molecule has 2 atom stereocenters. The third kappa shape index (κ3) is 11.3. The number of carbonyl (C=O) groups is 2. The zero-order valence-electron chi connectivity index (χ0n) is 16.4. The van der Waals surface area contributed by atoms with Gasteiger partial charge in [0.2, 0.25) is 0 Å². The highest BCUT2D eigenvalue weighted by atomic mass is 35.5. The summed E-state index contributed by atoms with van der Waals surface area (Å²) < 4.78 is 0. The van der Waals surface area contributed by atoms with E-state index in [1.807, 2.05) is 38.1 Å². The second-order valence-electron chi connectivity index (χ2n) is 6.75. The van der Waals surface area contributed by atoms with Crippen LogP contribution in [0.15, 0.2) is 24.3 Å². The van der Waals surface area contributed by atoms with E-state index >= 15 is 0 Å². The van der Waals surface area contributed by atoms with Gasteiger partial charge in [0.25, 0.3) is 0 Å². The van der Waals surface area contributed by atoms with E-state index in [9.17, 15) is 9.59 Å². The fraction of sp³-hybridized carbons (Fsp3) is 0.579. The summed E-state index contributed by atoms with van der Waals surface area (Å²) in [7, 11) is 0. The van der Waals surface area contributed by atoms with Crippen LogP contribution in [-0.4, -0.2) is 59.1 Å². The molecule has 0 heterocycles. The Morgan fingerprint density at radius 3 is 1.75 bits per heavy atom. The van der Waals surface area contributed by atoms with Crippen LogP contribution in [0, 0.1) is 5.92 Å². The first-order valence-corrected chi connectivity index (χ1v) is 10.1. The van der Waals surface area contributed by atoms with Crippen LogP contribution in [0.4, 0.5) is 5.69 Å². The van der Waals surface area contributed by atoms with Gasteiger partial charge in [0.05, 0.1) is 0 Å². The van der Waals surface area contributed by atoms with E-state index < -0.39 is 24.0 Å². The maximum Gasteiger partial charge on any atom is 0.320 e. The van der Waals surface area contributed by atoms with Gasteiger partial charge in [-0.15, -0.1) is 23.2 Å². The van der Waals surface area contributed by atoms with Gasteiger partial charge >= 0.3 is 11.9 Å². The van der Waals surface area contributed by atoms with Crippen molar-refractivity contribution in [3.63, 3.8) is 0 Å². The Balaban J connectivity index is 0.000000684. The van der Waals surface area contributed by atoms with Crippen molar-refractivity contribution < 1.29 is 19.8 Å². The lowest BCUT2D eigenvalue weighted by Crippen LogP contribution is -2.32. The van der Waals surface area contributed by atoms with Crippen molar-refractivity contribution in [3.8, 4) is 0 Å². The Labute approximate surface area is 176 Å². The normalized spacial score (nSPS) is 12.7. The first kappa shape index (κ1) is 26.5. The quantitative estimate of drug-likeness (QED) is 0.392. The Bertz CT molecular complexity index is 579. The van der Waals surface area contributed by atoms with Crippen LogP contribution in [0.3, 0.4) is 0 Å². The van der Waals surface area contributed by atoms with Crippen LogP contribution in [0.5, 0.6) is 0 Å². The van der Waals surface area contributed by atoms with Gasteiger partial charge in [-0.1, -0.05) is 26.0 Å². The molecular formula is C19H31Cl2N3O4. The number of benzene rings is 1. The predicted octanol–water partition coefficient (Wildman–Crippen LogP) is 2.37. The van der Waals surface area contributed by atoms with E-state index in [1.54, 1.807) is 0 Å². The number of rotatable bonds is 11. The summed E-state index contributed by atoms with van der Waals surface area (Å²) in [5.74, 6) is -0.486. The summed E-state index contributed by atoms with van der Waals surface area (Å²) in [4.78, 5) is 22.9. The van der Waals surface area contributed by atoms with Gasteiger partial charge in [0.1, 0.15) is 12.1 Å². The van der Waals surface area contributed by atoms with Crippen LogP contribution < -0.4 is 16.4 Å². The molecule has 160 valence electrons. The maximum atomic E-state index is 10.7. The van der Waals surface area contributed by atoms with Gasteiger partial charge < -0.3 is 26.6 Å². The van der Waals surface area contributed by atoms with Crippen LogP contribution in [0.1, 0.15) is 25.8 Å². The highest BCUT2D eigenvalue weighted by Gasteiger charge is 2.13. The van der Waals surface area contributed by atoms with E-state index in [0.717, 1.165) is 24.3 Å². The molecular weight excluding hydrogens is 405 g/mol. The van der Waals surface area contributed by atoms with E-state index in [1.165, 1.54) is 0 Å². The average molecular weight is 436 g/mol. The molecule has 0 radical (unpaired) electrons. The molecule has 0 amide bonds. The lowest BCUT2D eigenvalue weighted by atomic mass is 10.1. The zero-order chi connectivity index (χ0) is 21.7. The molecule has 1 unspecified atom stereocenters. The molecule has 0 bridgehead atoms. The molecule has 9 heteroatoms. The summed E-state index contributed by atoms with van der Waals surface area (Å²) in [6, 6.07) is 6.07. The van der Waals surface area contributed by atoms with Gasteiger partial charge in [0.15, 0.2) is 0 Å². The number of hydrogen-bond acceptors (Lipinski definition) is 5. The molecule has 6 N–H and O–H groups in total. The van der Waals surface area contributed by atoms with E-state index in [2.05, 4.69) is 4.90 Å². The summed E-state index contributed by atoms with van der Waals surface area (Å²) in [6.45, 7) is 5.34. The van der Waals surface area contributed by atoms with Gasteiger partial charge in [-0.2, -0.15) is 0 Å². The second kappa shape index (κ2) is 14.5. The molecule has 0 aliphatic rings. The molecule has 0 spiro atoms. The topological polar surface area (TPSA) is 130 Å². The average Bonchev–Trinajstić information content (AvgIpc) is 2.62. The molecule has 1 aromatic carbocycles. The van der Waals surface area contributed by atoms with Crippen molar-refractivity contribution >= 4 is 40.8 Å². The monoisotopic (exact) mass is 435 g/mol. The number of halogens is 2. The van der Waals surface area contributed by atoms with Gasteiger partial charge in [-0.05, 0) is 36.5 Å². The molecule has 0 saturated carbocycles. The SMILES string of the molecule is CC(C)CC(N)C(=O)O.N[C@@H](Cc1ccc(N(CCCl)CCCl)cc1)C(=O)O. The minimum absolute atomic E-state index is 0.320. The fourth-order valence-electron chi connectivity index (χ4n) is 2.37. The highest BCUT2D eigenvalue weighted by Crippen LogP contribution is 2.16. The van der Waals surface area contributed by atoms with Gasteiger partial charge in [-0.3, -0.25) is 9.59 Å². The van der Waals surface area contributed by atoms with Crippen LogP contribution >= 0.6 is 23.2 Å². The minimum atomic E-state index is -0.991. The number of carboxylic acids is 2. The van der Waals surface area contributed by atoms with Crippen LogP contribution in [-0.2, 0) is 16.0 Å². The molecule has 1 aromatic rings. The third-order valence-electron chi connectivity index (χ3n) is 3.83. The van der Waals surface area contributed by atoms with Gasteiger partial charge in [0, 0.05) is 30.5 Å². The standard InChI is InChI=1S/C13H18Cl2N2O2.C6H13NO2/c14-5-7-17(8-6-15)11-3-1-10(2-4-11)9-12(16)13(18)19;1-4(2)3-5(7)6(8)9/h1-4,12H,5-9,16H2,(H,18,19);4-5H,3,7H2,1-2H3,(H,8,9)/t12-;/m0./s1. The fourth-order valence-corrected chi connectivity index (χ4v) is 2.77. The van der Waals surface area contributed by atoms with Crippen LogP contribution in [0.25, 0.3) is 0 Å². The number of nitrogens with zero attached hydrogens (tertiary/aromatic N) is 1. The molecule has 0 saturated heterocycles. The Hall–Kier alpha value is -1.54. The highest BCUT2D eigenvalue weighted by molar-refractivity contribution is 6.18. The van der Waals surface area contributed by atoms with E-state index in [4.69, 9.17) is 44.9 Å². The van der Waals surface area contributed by atoms with Crippen molar-refractivity contribution in [2.24, 2.45) is 17.4 Å². The maximum absolute atomic E-state index is 10.7. The Kier molecular flexibility index (Phi) is 13.7. The zero-order valence-corrected chi connectivity index (χ0v) is 17.9. The van der Waals surface area contributed by atoms with Crippen molar-refractivity contribution in [1.29, 1.82) is 0 Å².